The zero-order valence-electron chi connectivity index (χ0n) is 8.82. The zero-order chi connectivity index (χ0) is 11.4. The van der Waals surface area contributed by atoms with E-state index in [1.54, 1.807) is 0 Å². The van der Waals surface area contributed by atoms with Crippen LogP contribution in [0.2, 0.25) is 0 Å². The Bertz CT molecular complexity index is 280. The van der Waals surface area contributed by atoms with Crippen LogP contribution in [0.5, 0.6) is 0 Å². The molecule has 1 aliphatic carbocycles. The van der Waals surface area contributed by atoms with Crippen LogP contribution in [0, 0.1) is 11.8 Å². The maximum Gasteiger partial charge on any atom is 0.323 e. The number of carbonyl (C=O) groups excluding carboxylic acids is 3. The van der Waals surface area contributed by atoms with Gasteiger partial charge in [-0.25, -0.2) is 0 Å². The van der Waals surface area contributed by atoms with E-state index < -0.39 is 17.7 Å². The third-order valence-corrected chi connectivity index (χ3v) is 2.31. The van der Waals surface area contributed by atoms with Gasteiger partial charge in [0.1, 0.15) is 6.61 Å². The van der Waals surface area contributed by atoms with Gasteiger partial charge in [-0.1, -0.05) is 0 Å². The van der Waals surface area contributed by atoms with Crippen molar-refractivity contribution in [2.24, 2.45) is 11.8 Å². The van der Waals surface area contributed by atoms with Gasteiger partial charge in [0.15, 0.2) is 17.5 Å². The lowest BCUT2D eigenvalue weighted by molar-refractivity contribution is -0.154. The maximum atomic E-state index is 11.6. The minimum atomic E-state index is -1.29. The van der Waals surface area contributed by atoms with Crippen molar-refractivity contribution in [1.29, 1.82) is 0 Å². The largest absolute Gasteiger partial charge is 0.468 e. The molecule has 5 heteroatoms. The fraction of sp³-hybridized carbons (Fsp3) is 0.700. The molecule has 1 aliphatic rings. The number of hydrogen-bond donors (Lipinski definition) is 0. The Hall–Kier alpha value is -1.23. The van der Waals surface area contributed by atoms with Crippen LogP contribution in [0.4, 0.5) is 0 Å². The van der Waals surface area contributed by atoms with Crippen LogP contribution < -0.4 is 0 Å². The molecule has 0 heterocycles. The average Bonchev–Trinajstić information content (AvgIpc) is 3.01. The number of carbonyl (C=O) groups is 3. The molecule has 0 aromatic heterocycles. The Labute approximate surface area is 87.7 Å². The van der Waals surface area contributed by atoms with Crippen molar-refractivity contribution in [2.45, 2.75) is 12.8 Å². The van der Waals surface area contributed by atoms with Crippen molar-refractivity contribution in [2.75, 3.05) is 20.8 Å². The summed E-state index contributed by atoms with van der Waals surface area (Å²) in [6.07, 6.45) is 1.51. The van der Waals surface area contributed by atoms with Crippen molar-refractivity contribution in [1.82, 2.24) is 0 Å². The van der Waals surface area contributed by atoms with Gasteiger partial charge in [0, 0.05) is 13.0 Å². The van der Waals surface area contributed by atoms with Crippen LogP contribution in [-0.4, -0.2) is 38.4 Å². The van der Waals surface area contributed by atoms with E-state index in [9.17, 15) is 14.4 Å². The second-order valence-corrected chi connectivity index (χ2v) is 3.53. The topological polar surface area (TPSA) is 69.7 Å². The summed E-state index contributed by atoms with van der Waals surface area (Å²) in [4.78, 5) is 34.4. The van der Waals surface area contributed by atoms with Gasteiger partial charge >= 0.3 is 5.97 Å². The summed E-state index contributed by atoms with van der Waals surface area (Å²) in [5.74, 6) is -3.07. The number of Topliss-reactive ketones (excluding diaryl/α,β-unsaturated/α-hetero) is 2. The molecule has 0 aromatic carbocycles. The molecule has 0 saturated heterocycles. The van der Waals surface area contributed by atoms with Crippen molar-refractivity contribution in [3.8, 4) is 0 Å². The van der Waals surface area contributed by atoms with E-state index in [0.29, 0.717) is 0 Å². The first-order valence-corrected chi connectivity index (χ1v) is 4.75. The van der Waals surface area contributed by atoms with Crippen molar-refractivity contribution >= 4 is 17.5 Å². The molecule has 0 bridgehead atoms. The smallest absolute Gasteiger partial charge is 0.323 e. The number of hydrogen-bond acceptors (Lipinski definition) is 5. The fourth-order valence-electron chi connectivity index (χ4n) is 1.35. The summed E-state index contributed by atoms with van der Waals surface area (Å²) < 4.78 is 9.06. The highest BCUT2D eigenvalue weighted by molar-refractivity contribution is 6.18. The normalized spacial score (nSPS) is 16.9. The van der Waals surface area contributed by atoms with Gasteiger partial charge in [-0.15, -0.1) is 0 Å². The van der Waals surface area contributed by atoms with E-state index in [1.807, 2.05) is 0 Å². The SMILES string of the molecule is COCC(=O)C(C(=O)OC)C(=O)C1CC1. The first-order chi connectivity index (χ1) is 7.11. The molecule has 1 rings (SSSR count). The summed E-state index contributed by atoms with van der Waals surface area (Å²) in [5.41, 5.74) is 0. The van der Waals surface area contributed by atoms with Crippen molar-refractivity contribution in [3.05, 3.63) is 0 Å². The van der Waals surface area contributed by atoms with E-state index in [-0.39, 0.29) is 18.3 Å². The van der Waals surface area contributed by atoms with Gasteiger partial charge in [0.05, 0.1) is 7.11 Å². The Morgan fingerprint density at radius 1 is 1.27 bits per heavy atom. The maximum absolute atomic E-state index is 11.6. The van der Waals surface area contributed by atoms with Gasteiger partial charge in [-0.3, -0.25) is 14.4 Å². The molecule has 0 aromatic rings. The highest BCUT2D eigenvalue weighted by atomic mass is 16.5. The zero-order valence-corrected chi connectivity index (χ0v) is 8.82. The van der Waals surface area contributed by atoms with Crippen LogP contribution in [0.3, 0.4) is 0 Å². The van der Waals surface area contributed by atoms with Crippen LogP contribution in [-0.2, 0) is 23.9 Å². The summed E-state index contributed by atoms with van der Waals surface area (Å²) >= 11 is 0. The molecule has 1 atom stereocenters. The summed E-state index contributed by atoms with van der Waals surface area (Å²) in [6, 6.07) is 0. The average molecular weight is 214 g/mol. The monoisotopic (exact) mass is 214 g/mol. The second kappa shape index (κ2) is 5.02. The number of ketones is 2. The number of ether oxygens (including phenoxy) is 2. The van der Waals surface area contributed by atoms with E-state index in [2.05, 4.69) is 9.47 Å². The highest BCUT2D eigenvalue weighted by Gasteiger charge is 2.42. The standard InChI is InChI=1S/C10H14O5/c1-14-5-7(11)8(10(13)15-2)9(12)6-3-4-6/h6,8H,3-5H2,1-2H3. The molecule has 0 spiro atoms. The molecule has 0 amide bonds. The van der Waals surface area contributed by atoms with Crippen molar-refractivity contribution < 1.29 is 23.9 Å². The van der Waals surface area contributed by atoms with Crippen LogP contribution in [0.1, 0.15) is 12.8 Å². The predicted molar refractivity (Wildman–Crippen MR) is 50.1 cm³/mol. The molecule has 84 valence electrons. The van der Waals surface area contributed by atoms with E-state index >= 15 is 0 Å². The molecule has 1 fully saturated rings. The molecule has 1 unspecified atom stereocenters. The van der Waals surface area contributed by atoms with Gasteiger partial charge < -0.3 is 9.47 Å². The van der Waals surface area contributed by atoms with Gasteiger partial charge in [0.2, 0.25) is 0 Å². The molecular weight excluding hydrogens is 200 g/mol. The first kappa shape index (κ1) is 11.8. The van der Waals surface area contributed by atoms with Crippen LogP contribution in [0.25, 0.3) is 0 Å². The van der Waals surface area contributed by atoms with Gasteiger partial charge in [-0.05, 0) is 12.8 Å². The molecular formula is C10H14O5. The molecule has 1 saturated carbocycles. The van der Waals surface area contributed by atoms with E-state index in [1.165, 1.54) is 7.11 Å². The van der Waals surface area contributed by atoms with Gasteiger partial charge in [-0.2, -0.15) is 0 Å². The number of methoxy groups -OCH3 is 2. The summed E-state index contributed by atoms with van der Waals surface area (Å²) in [5, 5.41) is 0. The van der Waals surface area contributed by atoms with Gasteiger partial charge in [0.25, 0.3) is 0 Å². The number of esters is 1. The lowest BCUT2D eigenvalue weighted by atomic mass is 9.96. The van der Waals surface area contributed by atoms with Crippen LogP contribution in [0.15, 0.2) is 0 Å². The van der Waals surface area contributed by atoms with E-state index in [0.717, 1.165) is 20.0 Å². The third-order valence-electron chi connectivity index (χ3n) is 2.31. The lowest BCUT2D eigenvalue weighted by Crippen LogP contribution is -2.36. The fourth-order valence-corrected chi connectivity index (χ4v) is 1.35. The van der Waals surface area contributed by atoms with Crippen molar-refractivity contribution in [3.63, 3.8) is 0 Å². The Morgan fingerprint density at radius 2 is 1.87 bits per heavy atom. The minimum absolute atomic E-state index is 0.144. The molecule has 0 aliphatic heterocycles. The first-order valence-electron chi connectivity index (χ1n) is 4.75. The highest BCUT2D eigenvalue weighted by Crippen LogP contribution is 2.33. The number of rotatable bonds is 6. The molecule has 15 heavy (non-hydrogen) atoms. The third kappa shape index (κ3) is 2.86. The Balaban J connectivity index is 2.71. The molecule has 5 nitrogen and oxygen atoms in total. The summed E-state index contributed by atoms with van der Waals surface area (Å²) in [7, 11) is 2.50. The predicted octanol–water partition coefficient (Wildman–Crippen LogP) is -0.0298. The van der Waals surface area contributed by atoms with E-state index in [4.69, 9.17) is 0 Å². The quantitative estimate of drug-likeness (QED) is 0.458. The molecule has 0 N–H and O–H groups in total. The lowest BCUT2D eigenvalue weighted by Gasteiger charge is -2.11. The second-order valence-electron chi connectivity index (χ2n) is 3.53. The Kier molecular flexibility index (Phi) is 3.96. The summed E-state index contributed by atoms with van der Waals surface area (Å²) in [6.45, 7) is -0.238. The Morgan fingerprint density at radius 3 is 2.27 bits per heavy atom. The minimum Gasteiger partial charge on any atom is -0.468 e. The molecule has 0 radical (unpaired) electrons. The van der Waals surface area contributed by atoms with Crippen LogP contribution >= 0.6 is 0 Å².